The minimum atomic E-state index is 0.161. The van der Waals surface area contributed by atoms with E-state index in [-0.39, 0.29) is 5.92 Å². The van der Waals surface area contributed by atoms with Gasteiger partial charge in [0.05, 0.1) is 10.0 Å². The van der Waals surface area contributed by atoms with Crippen LogP contribution in [-0.2, 0) is 6.42 Å². The summed E-state index contributed by atoms with van der Waals surface area (Å²) in [5.74, 6) is 1.46. The van der Waals surface area contributed by atoms with Crippen LogP contribution < -0.4 is 0 Å². The third-order valence-corrected chi connectivity index (χ3v) is 3.23. The minimum absolute atomic E-state index is 0.161. The zero-order valence-electron chi connectivity index (χ0n) is 9.58. The van der Waals surface area contributed by atoms with Gasteiger partial charge in [0, 0.05) is 5.92 Å². The molecule has 2 rings (SSSR count). The first-order valence-electron chi connectivity index (χ1n) is 5.30. The Labute approximate surface area is 110 Å². The number of rotatable bonds is 3. The maximum Gasteiger partial charge on any atom is 0.229 e. The molecule has 90 valence electrons. The van der Waals surface area contributed by atoms with Crippen LogP contribution in [-0.4, -0.2) is 10.1 Å². The lowest BCUT2D eigenvalue weighted by atomic mass is 10.0. The van der Waals surface area contributed by atoms with Gasteiger partial charge < -0.3 is 4.52 Å². The summed E-state index contributed by atoms with van der Waals surface area (Å²) in [6.07, 6.45) is 0.790. The van der Waals surface area contributed by atoms with Crippen LogP contribution in [0.1, 0.15) is 30.1 Å². The molecule has 3 nitrogen and oxygen atoms in total. The van der Waals surface area contributed by atoms with Crippen molar-refractivity contribution >= 4 is 23.2 Å². The zero-order valence-corrected chi connectivity index (χ0v) is 11.1. The van der Waals surface area contributed by atoms with E-state index in [9.17, 15) is 0 Å². The van der Waals surface area contributed by atoms with Gasteiger partial charge in [0.2, 0.25) is 5.89 Å². The molecule has 1 aromatic heterocycles. The van der Waals surface area contributed by atoms with Gasteiger partial charge in [-0.05, 0) is 31.0 Å². The molecule has 0 aliphatic rings. The molecular weight excluding hydrogens is 259 g/mol. The molecule has 0 unspecified atom stereocenters. The van der Waals surface area contributed by atoms with Crippen LogP contribution in [0.2, 0.25) is 10.0 Å². The molecule has 0 N–H and O–H groups in total. The maximum absolute atomic E-state index is 5.96. The number of hydrogen-bond donors (Lipinski definition) is 0. The summed E-state index contributed by atoms with van der Waals surface area (Å²) >= 11 is 11.8. The summed E-state index contributed by atoms with van der Waals surface area (Å²) in [7, 11) is 0. The molecule has 0 spiro atoms. The molecule has 5 heteroatoms. The van der Waals surface area contributed by atoms with Crippen LogP contribution in [0, 0.1) is 6.92 Å². The van der Waals surface area contributed by atoms with Crippen molar-refractivity contribution in [2.45, 2.75) is 26.2 Å². The molecular formula is C12H12Cl2N2O. The van der Waals surface area contributed by atoms with Crippen molar-refractivity contribution in [1.82, 2.24) is 10.1 Å². The number of aromatic nitrogens is 2. The van der Waals surface area contributed by atoms with Crippen LogP contribution in [0.15, 0.2) is 22.7 Å². The predicted octanol–water partition coefficient (Wildman–Crippen LogP) is 4.03. The molecule has 0 bridgehead atoms. The summed E-state index contributed by atoms with van der Waals surface area (Å²) in [5.41, 5.74) is 1.10. The second kappa shape index (κ2) is 5.07. The number of aryl methyl sites for hydroxylation is 1. The summed E-state index contributed by atoms with van der Waals surface area (Å²) in [4.78, 5) is 4.21. The first kappa shape index (κ1) is 12.4. The van der Waals surface area contributed by atoms with Crippen molar-refractivity contribution in [3.05, 3.63) is 45.5 Å². The van der Waals surface area contributed by atoms with Gasteiger partial charge in [0.1, 0.15) is 0 Å². The number of nitrogens with zero attached hydrogens (tertiary/aromatic N) is 2. The number of benzene rings is 1. The third kappa shape index (κ3) is 2.99. The fraction of sp³-hybridized carbons (Fsp3) is 0.333. The van der Waals surface area contributed by atoms with Gasteiger partial charge in [0.25, 0.3) is 0 Å². The highest BCUT2D eigenvalue weighted by atomic mass is 35.5. The van der Waals surface area contributed by atoms with Crippen LogP contribution in [0.4, 0.5) is 0 Å². The Balaban J connectivity index is 2.12. The van der Waals surface area contributed by atoms with Crippen molar-refractivity contribution in [2.24, 2.45) is 0 Å². The Morgan fingerprint density at radius 1 is 1.29 bits per heavy atom. The Bertz CT molecular complexity index is 525. The standard InChI is InChI=1S/C12H12Cl2N2O/c1-7(12-15-8(2)16-17-12)5-9-3-4-10(13)11(14)6-9/h3-4,6-7H,5H2,1-2H3/t7-/m1/s1. The average Bonchev–Trinajstić information content (AvgIpc) is 2.70. The topological polar surface area (TPSA) is 38.9 Å². The fourth-order valence-electron chi connectivity index (χ4n) is 1.62. The van der Waals surface area contributed by atoms with Crippen molar-refractivity contribution in [1.29, 1.82) is 0 Å². The molecule has 1 heterocycles. The van der Waals surface area contributed by atoms with Crippen molar-refractivity contribution < 1.29 is 4.52 Å². The zero-order chi connectivity index (χ0) is 12.4. The largest absolute Gasteiger partial charge is 0.339 e. The van der Waals surface area contributed by atoms with Gasteiger partial charge in [-0.15, -0.1) is 0 Å². The highest BCUT2D eigenvalue weighted by Gasteiger charge is 2.14. The van der Waals surface area contributed by atoms with E-state index in [0.717, 1.165) is 12.0 Å². The predicted molar refractivity (Wildman–Crippen MR) is 67.6 cm³/mol. The summed E-state index contributed by atoms with van der Waals surface area (Å²) in [6.45, 7) is 3.84. The first-order valence-corrected chi connectivity index (χ1v) is 6.06. The lowest BCUT2D eigenvalue weighted by molar-refractivity contribution is 0.355. The molecule has 1 atom stereocenters. The smallest absolute Gasteiger partial charge is 0.229 e. The molecule has 17 heavy (non-hydrogen) atoms. The molecule has 0 aliphatic heterocycles. The van der Waals surface area contributed by atoms with Crippen molar-refractivity contribution in [3.63, 3.8) is 0 Å². The Hall–Kier alpha value is -1.06. The number of halogens is 2. The van der Waals surface area contributed by atoms with E-state index in [2.05, 4.69) is 10.1 Å². The molecule has 0 fully saturated rings. The third-order valence-electron chi connectivity index (χ3n) is 2.49. The van der Waals surface area contributed by atoms with Gasteiger partial charge in [-0.3, -0.25) is 0 Å². The van der Waals surface area contributed by atoms with Crippen LogP contribution >= 0.6 is 23.2 Å². The van der Waals surface area contributed by atoms with Gasteiger partial charge in [-0.1, -0.05) is 41.3 Å². The van der Waals surface area contributed by atoms with E-state index in [1.807, 2.05) is 19.1 Å². The van der Waals surface area contributed by atoms with E-state index in [1.165, 1.54) is 0 Å². The summed E-state index contributed by atoms with van der Waals surface area (Å²) in [6, 6.07) is 5.61. The second-order valence-corrected chi connectivity index (χ2v) is 4.85. The lowest BCUT2D eigenvalue weighted by Crippen LogP contribution is -1.99. The molecule has 0 saturated heterocycles. The van der Waals surface area contributed by atoms with E-state index < -0.39 is 0 Å². The molecule has 0 aliphatic carbocycles. The Morgan fingerprint density at radius 3 is 2.65 bits per heavy atom. The first-order chi connectivity index (χ1) is 8.06. The Morgan fingerprint density at radius 2 is 2.06 bits per heavy atom. The van der Waals surface area contributed by atoms with Crippen molar-refractivity contribution in [3.8, 4) is 0 Å². The molecule has 0 amide bonds. The Kier molecular flexibility index (Phi) is 3.69. The molecule has 0 saturated carbocycles. The second-order valence-electron chi connectivity index (χ2n) is 4.03. The highest BCUT2D eigenvalue weighted by molar-refractivity contribution is 6.42. The van der Waals surface area contributed by atoms with E-state index >= 15 is 0 Å². The van der Waals surface area contributed by atoms with Gasteiger partial charge in [0.15, 0.2) is 5.82 Å². The molecule has 2 aromatic rings. The van der Waals surface area contributed by atoms with E-state index in [0.29, 0.717) is 21.8 Å². The highest BCUT2D eigenvalue weighted by Crippen LogP contribution is 2.25. The SMILES string of the molecule is Cc1noc([C@H](C)Cc2ccc(Cl)c(Cl)c2)n1. The van der Waals surface area contributed by atoms with E-state index in [4.69, 9.17) is 27.7 Å². The maximum atomic E-state index is 5.96. The lowest BCUT2D eigenvalue weighted by Gasteiger charge is -2.07. The van der Waals surface area contributed by atoms with Crippen LogP contribution in [0.25, 0.3) is 0 Å². The fourth-order valence-corrected chi connectivity index (χ4v) is 1.94. The van der Waals surface area contributed by atoms with Crippen molar-refractivity contribution in [2.75, 3.05) is 0 Å². The van der Waals surface area contributed by atoms with Gasteiger partial charge in [-0.2, -0.15) is 4.98 Å². The van der Waals surface area contributed by atoms with Crippen LogP contribution in [0.5, 0.6) is 0 Å². The molecule has 0 radical (unpaired) electrons. The van der Waals surface area contributed by atoms with E-state index in [1.54, 1.807) is 13.0 Å². The quantitative estimate of drug-likeness (QED) is 0.845. The summed E-state index contributed by atoms with van der Waals surface area (Å²) < 4.78 is 5.13. The van der Waals surface area contributed by atoms with Crippen LogP contribution in [0.3, 0.4) is 0 Å². The monoisotopic (exact) mass is 270 g/mol. The number of hydrogen-bond acceptors (Lipinski definition) is 3. The molecule has 1 aromatic carbocycles. The average molecular weight is 271 g/mol. The normalized spacial score (nSPS) is 12.7. The minimum Gasteiger partial charge on any atom is -0.339 e. The summed E-state index contributed by atoms with van der Waals surface area (Å²) in [5, 5.41) is 4.91. The van der Waals surface area contributed by atoms with Gasteiger partial charge >= 0.3 is 0 Å². The van der Waals surface area contributed by atoms with Gasteiger partial charge in [-0.25, -0.2) is 0 Å².